The SMILES string of the molecule is C=Cc1ccc(CSc2nc3c(sc4ncccc43)c(=O)n2Cc2ccc(C)cc2)cc1. The van der Waals surface area contributed by atoms with Crippen molar-refractivity contribution in [3.8, 4) is 0 Å². The molecular formula is C26H21N3OS2. The van der Waals surface area contributed by atoms with E-state index in [1.807, 2.05) is 18.2 Å². The first-order valence-corrected chi connectivity index (χ1v) is 12.1. The number of nitrogens with zero attached hydrogens (tertiary/aromatic N) is 3. The van der Waals surface area contributed by atoms with E-state index in [4.69, 9.17) is 4.98 Å². The number of hydrogen-bond acceptors (Lipinski definition) is 5. The minimum absolute atomic E-state index is 0.0110. The van der Waals surface area contributed by atoms with Crippen LogP contribution in [0.15, 0.2) is 83.4 Å². The molecule has 0 radical (unpaired) electrons. The maximum absolute atomic E-state index is 13.6. The Morgan fingerprint density at radius 3 is 2.56 bits per heavy atom. The second-order valence-corrected chi connectivity index (χ2v) is 9.58. The summed E-state index contributed by atoms with van der Waals surface area (Å²) in [4.78, 5) is 23.8. The summed E-state index contributed by atoms with van der Waals surface area (Å²) in [6, 6.07) is 20.5. The van der Waals surface area contributed by atoms with E-state index in [-0.39, 0.29) is 5.56 Å². The van der Waals surface area contributed by atoms with E-state index < -0.39 is 0 Å². The van der Waals surface area contributed by atoms with E-state index >= 15 is 0 Å². The van der Waals surface area contributed by atoms with Gasteiger partial charge >= 0.3 is 0 Å². The highest BCUT2D eigenvalue weighted by molar-refractivity contribution is 7.98. The fourth-order valence-electron chi connectivity index (χ4n) is 3.56. The van der Waals surface area contributed by atoms with Crippen molar-refractivity contribution in [3.63, 3.8) is 0 Å². The predicted octanol–water partition coefficient (Wildman–Crippen LogP) is 6.30. The standard InChI is InChI=1S/C26H21N3OS2/c1-3-18-10-12-20(13-11-18)16-31-26-28-22-21-5-4-14-27-24(21)32-23(22)25(30)29(26)15-19-8-6-17(2)7-9-19/h3-14H,1,15-16H2,2H3. The highest BCUT2D eigenvalue weighted by atomic mass is 32.2. The van der Waals surface area contributed by atoms with Gasteiger partial charge in [-0.2, -0.15) is 0 Å². The molecule has 0 N–H and O–H groups in total. The lowest BCUT2D eigenvalue weighted by Gasteiger charge is -2.12. The number of thioether (sulfide) groups is 1. The van der Waals surface area contributed by atoms with Gasteiger partial charge in [0.25, 0.3) is 5.56 Å². The first-order valence-electron chi connectivity index (χ1n) is 10.3. The molecule has 0 atom stereocenters. The van der Waals surface area contributed by atoms with Crippen molar-refractivity contribution in [2.24, 2.45) is 0 Å². The molecule has 6 heteroatoms. The number of aromatic nitrogens is 3. The molecule has 0 amide bonds. The van der Waals surface area contributed by atoms with Crippen molar-refractivity contribution >= 4 is 49.6 Å². The molecular weight excluding hydrogens is 434 g/mol. The molecule has 4 nitrogen and oxygen atoms in total. The fraction of sp³-hybridized carbons (Fsp3) is 0.115. The summed E-state index contributed by atoms with van der Waals surface area (Å²) >= 11 is 3.00. The highest BCUT2D eigenvalue weighted by Gasteiger charge is 2.17. The van der Waals surface area contributed by atoms with E-state index in [0.29, 0.717) is 11.2 Å². The van der Waals surface area contributed by atoms with Gasteiger partial charge in [-0.15, -0.1) is 11.3 Å². The lowest BCUT2D eigenvalue weighted by Crippen LogP contribution is -2.23. The fourth-order valence-corrected chi connectivity index (χ4v) is 5.54. The molecule has 3 aromatic heterocycles. The average Bonchev–Trinajstić information content (AvgIpc) is 3.20. The number of thiophene rings is 1. The molecule has 0 unspecified atom stereocenters. The van der Waals surface area contributed by atoms with Crippen LogP contribution in [-0.2, 0) is 12.3 Å². The summed E-state index contributed by atoms with van der Waals surface area (Å²) in [5.41, 5.74) is 5.27. The third kappa shape index (κ3) is 3.99. The van der Waals surface area contributed by atoms with Gasteiger partial charge in [0.2, 0.25) is 0 Å². The van der Waals surface area contributed by atoms with Crippen molar-refractivity contribution in [1.82, 2.24) is 14.5 Å². The Morgan fingerprint density at radius 2 is 1.81 bits per heavy atom. The lowest BCUT2D eigenvalue weighted by atomic mass is 10.1. The van der Waals surface area contributed by atoms with Crippen LogP contribution in [-0.4, -0.2) is 14.5 Å². The minimum atomic E-state index is -0.0110. The van der Waals surface area contributed by atoms with Gasteiger partial charge in [-0.1, -0.05) is 78.5 Å². The summed E-state index contributed by atoms with van der Waals surface area (Å²) in [5.74, 6) is 0.726. The Balaban J connectivity index is 1.59. The van der Waals surface area contributed by atoms with Crippen molar-refractivity contribution in [3.05, 3.63) is 106 Å². The van der Waals surface area contributed by atoms with Crippen LogP contribution in [0.1, 0.15) is 22.3 Å². The lowest BCUT2D eigenvalue weighted by molar-refractivity contribution is 0.659. The van der Waals surface area contributed by atoms with Crippen LogP contribution in [0.25, 0.3) is 26.5 Å². The van der Waals surface area contributed by atoms with E-state index in [2.05, 4.69) is 67.0 Å². The Kier molecular flexibility index (Phi) is 5.64. The molecule has 0 spiro atoms. The summed E-state index contributed by atoms with van der Waals surface area (Å²) < 4.78 is 2.45. The Hall–Kier alpha value is -3.22. The number of pyridine rings is 1. The van der Waals surface area contributed by atoms with Crippen LogP contribution in [0.5, 0.6) is 0 Å². The van der Waals surface area contributed by atoms with Crippen LogP contribution in [0.3, 0.4) is 0 Å². The first kappa shape index (κ1) is 20.7. The second-order valence-electron chi connectivity index (χ2n) is 7.64. The molecule has 5 rings (SSSR count). The molecule has 0 aliphatic carbocycles. The average molecular weight is 456 g/mol. The smallest absolute Gasteiger partial charge is 0.272 e. The number of fused-ring (bicyclic) bond motifs is 3. The molecule has 32 heavy (non-hydrogen) atoms. The van der Waals surface area contributed by atoms with Crippen LogP contribution in [0.4, 0.5) is 0 Å². The molecule has 2 aromatic carbocycles. The van der Waals surface area contributed by atoms with Crippen LogP contribution in [0, 0.1) is 6.92 Å². The molecule has 0 aliphatic rings. The summed E-state index contributed by atoms with van der Waals surface area (Å²) in [5, 5.41) is 1.66. The van der Waals surface area contributed by atoms with E-state index in [0.717, 1.165) is 37.8 Å². The van der Waals surface area contributed by atoms with Gasteiger partial charge in [0.15, 0.2) is 5.16 Å². The normalized spacial score (nSPS) is 11.3. The maximum Gasteiger partial charge on any atom is 0.272 e. The molecule has 5 aromatic rings. The van der Waals surface area contributed by atoms with E-state index in [1.165, 1.54) is 22.5 Å². The van der Waals surface area contributed by atoms with Crippen LogP contribution in [0.2, 0.25) is 0 Å². The van der Waals surface area contributed by atoms with Gasteiger partial charge in [-0.05, 0) is 35.7 Å². The predicted molar refractivity (Wildman–Crippen MR) is 136 cm³/mol. The summed E-state index contributed by atoms with van der Waals surface area (Å²) in [6.07, 6.45) is 3.59. The summed E-state index contributed by atoms with van der Waals surface area (Å²) in [7, 11) is 0. The van der Waals surface area contributed by atoms with Gasteiger partial charge in [0.1, 0.15) is 9.53 Å². The van der Waals surface area contributed by atoms with Crippen LogP contribution >= 0.6 is 23.1 Å². The molecule has 0 bridgehead atoms. The second kappa shape index (κ2) is 8.73. The third-order valence-electron chi connectivity index (χ3n) is 5.36. The minimum Gasteiger partial charge on any atom is -0.282 e. The number of benzene rings is 2. The Bertz CT molecular complexity index is 1480. The molecule has 158 valence electrons. The number of hydrogen-bond donors (Lipinski definition) is 0. The van der Waals surface area contributed by atoms with Gasteiger partial charge < -0.3 is 0 Å². The zero-order valence-electron chi connectivity index (χ0n) is 17.6. The molecule has 0 saturated carbocycles. The summed E-state index contributed by atoms with van der Waals surface area (Å²) in [6.45, 7) is 6.36. The van der Waals surface area contributed by atoms with Crippen molar-refractivity contribution in [2.75, 3.05) is 0 Å². The van der Waals surface area contributed by atoms with Crippen molar-refractivity contribution in [2.45, 2.75) is 24.4 Å². The third-order valence-corrected chi connectivity index (χ3v) is 7.50. The van der Waals surface area contributed by atoms with E-state index in [1.54, 1.807) is 22.5 Å². The van der Waals surface area contributed by atoms with Crippen molar-refractivity contribution in [1.29, 1.82) is 0 Å². The largest absolute Gasteiger partial charge is 0.282 e. The molecule has 0 fully saturated rings. The Labute approximate surface area is 194 Å². The molecule has 0 saturated heterocycles. The number of rotatable bonds is 6. The zero-order valence-corrected chi connectivity index (χ0v) is 19.2. The topological polar surface area (TPSA) is 47.8 Å². The Morgan fingerprint density at radius 1 is 1.06 bits per heavy atom. The zero-order chi connectivity index (χ0) is 22.1. The van der Waals surface area contributed by atoms with Gasteiger partial charge in [0, 0.05) is 17.3 Å². The van der Waals surface area contributed by atoms with Gasteiger partial charge in [-0.25, -0.2) is 9.97 Å². The quantitative estimate of drug-likeness (QED) is 0.223. The molecule has 3 heterocycles. The van der Waals surface area contributed by atoms with Crippen molar-refractivity contribution < 1.29 is 0 Å². The maximum atomic E-state index is 13.6. The monoisotopic (exact) mass is 455 g/mol. The number of aryl methyl sites for hydroxylation is 1. The highest BCUT2D eigenvalue weighted by Crippen LogP contribution is 2.31. The first-order chi connectivity index (χ1) is 15.6. The van der Waals surface area contributed by atoms with Crippen LogP contribution < -0.4 is 5.56 Å². The van der Waals surface area contributed by atoms with Gasteiger partial charge in [-0.3, -0.25) is 9.36 Å². The van der Waals surface area contributed by atoms with Gasteiger partial charge in [0.05, 0.1) is 12.1 Å². The molecule has 0 aliphatic heterocycles. The van der Waals surface area contributed by atoms with E-state index in [9.17, 15) is 4.79 Å².